The molecule has 0 spiro atoms. The van der Waals surface area contributed by atoms with Gasteiger partial charge in [-0.25, -0.2) is 0 Å². The van der Waals surface area contributed by atoms with Gasteiger partial charge in [0.1, 0.15) is 13.2 Å². The van der Waals surface area contributed by atoms with Gasteiger partial charge in [-0.15, -0.1) is 0 Å². The molecule has 0 aromatic rings. The van der Waals surface area contributed by atoms with Crippen molar-refractivity contribution in [1.29, 1.82) is 0 Å². The normalized spacial score (nSPS) is 12.6. The van der Waals surface area contributed by atoms with Crippen LogP contribution in [-0.2, 0) is 28.6 Å². The first-order chi connectivity index (χ1) is 34.0. The van der Waals surface area contributed by atoms with Crippen LogP contribution in [0.2, 0.25) is 0 Å². The number of carbonyl (C=O) groups is 3. The van der Waals surface area contributed by atoms with Gasteiger partial charge in [0.15, 0.2) is 6.10 Å². The predicted octanol–water partition coefficient (Wildman–Crippen LogP) is 19.8. The van der Waals surface area contributed by atoms with Crippen molar-refractivity contribution < 1.29 is 28.6 Å². The van der Waals surface area contributed by atoms with Gasteiger partial charge in [0, 0.05) is 19.3 Å². The summed E-state index contributed by atoms with van der Waals surface area (Å²) in [6, 6.07) is 0. The summed E-state index contributed by atoms with van der Waals surface area (Å²) in [5.74, 6) is -0.917. The van der Waals surface area contributed by atoms with Gasteiger partial charge in [-0.2, -0.15) is 0 Å². The van der Waals surface area contributed by atoms with Crippen molar-refractivity contribution in [3.63, 3.8) is 0 Å². The molecule has 398 valence electrons. The monoisotopic (exact) mass is 963 g/mol. The molecule has 0 saturated carbocycles. The van der Waals surface area contributed by atoms with E-state index < -0.39 is 6.10 Å². The first kappa shape index (κ1) is 65.8. The minimum absolute atomic E-state index is 0.0852. The highest BCUT2D eigenvalue weighted by Crippen LogP contribution is 2.16. The van der Waals surface area contributed by atoms with Crippen molar-refractivity contribution in [2.45, 2.75) is 297 Å². The summed E-state index contributed by atoms with van der Waals surface area (Å²) in [4.78, 5) is 38.2. The van der Waals surface area contributed by atoms with Crippen LogP contribution in [-0.4, -0.2) is 37.2 Å². The zero-order valence-electron chi connectivity index (χ0n) is 45.6. The predicted molar refractivity (Wildman–Crippen MR) is 298 cm³/mol. The highest BCUT2D eigenvalue weighted by Gasteiger charge is 2.19. The fourth-order valence-electron chi connectivity index (χ4n) is 8.33. The molecule has 0 rings (SSSR count). The number of allylic oxidation sites excluding steroid dienone is 12. The van der Waals surface area contributed by atoms with Crippen LogP contribution in [0.3, 0.4) is 0 Å². The molecular weight excluding hydrogens is 853 g/mol. The molecule has 0 aliphatic rings. The Hall–Kier alpha value is -3.15. The van der Waals surface area contributed by atoms with Crippen LogP contribution in [0.4, 0.5) is 0 Å². The van der Waals surface area contributed by atoms with E-state index in [1.165, 1.54) is 154 Å². The molecule has 1 unspecified atom stereocenters. The Morgan fingerprint density at radius 1 is 0.304 bits per heavy atom. The third kappa shape index (κ3) is 55.6. The quantitative estimate of drug-likeness (QED) is 0.0262. The maximum absolute atomic E-state index is 12.9. The van der Waals surface area contributed by atoms with Crippen LogP contribution < -0.4 is 0 Å². The van der Waals surface area contributed by atoms with E-state index in [1.807, 2.05) is 0 Å². The van der Waals surface area contributed by atoms with Crippen LogP contribution in [0, 0.1) is 0 Å². The maximum atomic E-state index is 12.9. The zero-order valence-corrected chi connectivity index (χ0v) is 45.6. The summed E-state index contributed by atoms with van der Waals surface area (Å²) < 4.78 is 16.9. The fraction of sp³-hybridized carbons (Fsp3) is 0.762. The van der Waals surface area contributed by atoms with E-state index in [0.717, 1.165) is 96.3 Å². The minimum Gasteiger partial charge on any atom is -0.462 e. The molecule has 1 atom stereocenters. The maximum Gasteiger partial charge on any atom is 0.306 e. The van der Waals surface area contributed by atoms with E-state index in [1.54, 1.807) is 0 Å². The molecule has 0 heterocycles. The number of carbonyl (C=O) groups excluding carboxylic acids is 3. The molecule has 0 aliphatic carbocycles. The van der Waals surface area contributed by atoms with Crippen LogP contribution >= 0.6 is 0 Å². The second-order valence-electron chi connectivity index (χ2n) is 19.5. The smallest absolute Gasteiger partial charge is 0.306 e. The van der Waals surface area contributed by atoms with Gasteiger partial charge in [0.2, 0.25) is 0 Å². The Kier molecular flexibility index (Phi) is 54.8. The molecule has 0 aromatic heterocycles. The van der Waals surface area contributed by atoms with Gasteiger partial charge in [0.25, 0.3) is 0 Å². The van der Waals surface area contributed by atoms with Crippen molar-refractivity contribution >= 4 is 17.9 Å². The minimum atomic E-state index is -0.790. The average molecular weight is 964 g/mol. The SMILES string of the molecule is CC/C=C\C/C=C\C/C=C\C/C=C\C/C=C\C/C=C\CCCCC(=O)OCC(COC(=O)CCCCCCCCCCCCCCCC)OC(=O)CCCCCCCCCCCCCCCCCC. The first-order valence-electron chi connectivity index (χ1n) is 29.4. The molecule has 0 aliphatic heterocycles. The van der Waals surface area contributed by atoms with Crippen molar-refractivity contribution in [1.82, 2.24) is 0 Å². The number of hydrogen-bond donors (Lipinski definition) is 0. The highest BCUT2D eigenvalue weighted by atomic mass is 16.6. The largest absolute Gasteiger partial charge is 0.462 e. The lowest BCUT2D eigenvalue weighted by Crippen LogP contribution is -2.30. The number of hydrogen-bond acceptors (Lipinski definition) is 6. The second kappa shape index (κ2) is 57.4. The topological polar surface area (TPSA) is 78.9 Å². The molecule has 6 nitrogen and oxygen atoms in total. The van der Waals surface area contributed by atoms with Crippen LogP contribution in [0.1, 0.15) is 290 Å². The molecule has 0 N–H and O–H groups in total. The summed E-state index contributed by atoms with van der Waals surface area (Å²) in [5, 5.41) is 0. The Labute approximate surface area is 427 Å². The third-order valence-corrected chi connectivity index (χ3v) is 12.7. The van der Waals surface area contributed by atoms with Gasteiger partial charge < -0.3 is 14.2 Å². The Morgan fingerprint density at radius 3 is 0.884 bits per heavy atom. The van der Waals surface area contributed by atoms with E-state index in [0.29, 0.717) is 19.3 Å². The lowest BCUT2D eigenvalue weighted by molar-refractivity contribution is -0.167. The molecule has 69 heavy (non-hydrogen) atoms. The number of ether oxygens (including phenoxy) is 3. The zero-order chi connectivity index (χ0) is 50.0. The van der Waals surface area contributed by atoms with Crippen molar-refractivity contribution in [2.24, 2.45) is 0 Å². The van der Waals surface area contributed by atoms with Crippen LogP contribution in [0.5, 0.6) is 0 Å². The molecular formula is C63H110O6. The Morgan fingerprint density at radius 2 is 0.565 bits per heavy atom. The standard InChI is InChI=1S/C63H110O6/c1-4-7-10-13-16-19-22-25-28-30-31-32-33-34-36-38-41-44-47-50-53-56-62(65)68-59-60(58-67-61(64)55-52-49-46-43-40-37-27-24-21-18-15-12-9-6-3)69-63(66)57-54-51-48-45-42-39-35-29-26-23-20-17-14-11-8-5-2/h7,10,16,19,25,28,31-32,34,36,41,44,60H,4-6,8-9,11-15,17-18,20-24,26-27,29-30,33,35,37-40,42-43,45-59H2,1-3H3/b10-7-,19-16-,28-25-,32-31-,36-34-,44-41-. The lowest BCUT2D eigenvalue weighted by atomic mass is 10.0. The molecule has 0 amide bonds. The van der Waals surface area contributed by atoms with Gasteiger partial charge in [0.05, 0.1) is 0 Å². The number of rotatable bonds is 53. The Balaban J connectivity index is 4.42. The van der Waals surface area contributed by atoms with E-state index in [9.17, 15) is 14.4 Å². The van der Waals surface area contributed by atoms with Crippen molar-refractivity contribution in [3.8, 4) is 0 Å². The molecule has 0 saturated heterocycles. The summed E-state index contributed by atoms with van der Waals surface area (Å²) in [6.45, 7) is 6.52. The molecule has 0 fully saturated rings. The molecule has 0 aromatic carbocycles. The van der Waals surface area contributed by atoms with Crippen molar-refractivity contribution in [2.75, 3.05) is 13.2 Å². The van der Waals surface area contributed by atoms with Crippen LogP contribution in [0.15, 0.2) is 72.9 Å². The van der Waals surface area contributed by atoms with Gasteiger partial charge in [-0.3, -0.25) is 14.4 Å². The third-order valence-electron chi connectivity index (χ3n) is 12.7. The van der Waals surface area contributed by atoms with Gasteiger partial charge in [-0.1, -0.05) is 273 Å². The lowest BCUT2D eigenvalue weighted by Gasteiger charge is -2.18. The molecule has 0 radical (unpaired) electrons. The van der Waals surface area contributed by atoms with Crippen LogP contribution in [0.25, 0.3) is 0 Å². The van der Waals surface area contributed by atoms with E-state index in [2.05, 4.69) is 93.7 Å². The number of unbranched alkanes of at least 4 members (excludes halogenated alkanes) is 30. The van der Waals surface area contributed by atoms with Crippen molar-refractivity contribution in [3.05, 3.63) is 72.9 Å². The van der Waals surface area contributed by atoms with E-state index in [-0.39, 0.29) is 31.1 Å². The molecule has 6 heteroatoms. The first-order valence-corrected chi connectivity index (χ1v) is 29.4. The summed E-state index contributed by atoms with van der Waals surface area (Å²) in [5.41, 5.74) is 0. The molecule has 0 bridgehead atoms. The average Bonchev–Trinajstić information content (AvgIpc) is 3.35. The van der Waals surface area contributed by atoms with E-state index >= 15 is 0 Å². The van der Waals surface area contributed by atoms with Gasteiger partial charge >= 0.3 is 17.9 Å². The number of esters is 3. The fourth-order valence-corrected chi connectivity index (χ4v) is 8.33. The Bertz CT molecular complexity index is 1290. The van der Waals surface area contributed by atoms with Gasteiger partial charge in [-0.05, 0) is 70.6 Å². The summed E-state index contributed by atoms with van der Waals surface area (Å²) >= 11 is 0. The summed E-state index contributed by atoms with van der Waals surface area (Å²) in [6.07, 6.45) is 73.2. The second-order valence-corrected chi connectivity index (χ2v) is 19.5. The van der Waals surface area contributed by atoms with E-state index in [4.69, 9.17) is 14.2 Å². The highest BCUT2D eigenvalue weighted by molar-refractivity contribution is 5.71. The summed E-state index contributed by atoms with van der Waals surface area (Å²) in [7, 11) is 0.